The molecule has 0 spiro atoms. The Morgan fingerprint density at radius 2 is 1.24 bits per heavy atom. The lowest BCUT2D eigenvalue weighted by molar-refractivity contribution is 0.420. The van der Waals surface area contributed by atoms with Gasteiger partial charge in [-0.05, 0) is 38.5 Å². The van der Waals surface area contributed by atoms with E-state index in [9.17, 15) is 0 Å². The van der Waals surface area contributed by atoms with Gasteiger partial charge in [-0.1, -0.05) is 106 Å². The van der Waals surface area contributed by atoms with Crippen LogP contribution in [0, 0.1) is 0 Å². The second-order valence-corrected chi connectivity index (χ2v) is 13.1. The smallest absolute Gasteiger partial charge is 0.127 e. The van der Waals surface area contributed by atoms with Gasteiger partial charge >= 0.3 is 0 Å². The van der Waals surface area contributed by atoms with Crippen molar-refractivity contribution >= 4 is 34.8 Å². The van der Waals surface area contributed by atoms with Gasteiger partial charge in [0, 0.05) is 5.39 Å². The van der Waals surface area contributed by atoms with Gasteiger partial charge in [-0.3, -0.25) is 0 Å². The van der Waals surface area contributed by atoms with Crippen LogP contribution in [0.4, 0.5) is 0 Å². The SMILES string of the molecule is CC[Si](CC)(CC)c1c(-c2ccccc2)c2ccccc2c2c(OC)cccc12. The maximum atomic E-state index is 5.87. The summed E-state index contributed by atoms with van der Waals surface area (Å²) in [5.74, 6) is 0.978. The Kier molecular flexibility index (Phi) is 5.47. The molecule has 2 heteroatoms. The van der Waals surface area contributed by atoms with Crippen LogP contribution < -0.4 is 9.92 Å². The number of hydrogen-bond donors (Lipinski definition) is 0. The summed E-state index contributed by atoms with van der Waals surface area (Å²) in [6, 6.07) is 30.2. The van der Waals surface area contributed by atoms with Crippen LogP contribution in [-0.2, 0) is 0 Å². The van der Waals surface area contributed by atoms with Crippen LogP contribution in [-0.4, -0.2) is 15.2 Å². The van der Waals surface area contributed by atoms with Crippen LogP contribution in [0.25, 0.3) is 32.7 Å². The first-order valence-corrected chi connectivity index (χ1v) is 13.4. The molecule has 0 bridgehead atoms. The van der Waals surface area contributed by atoms with Gasteiger partial charge in [0.1, 0.15) is 5.75 Å². The first-order valence-electron chi connectivity index (χ1n) is 10.8. The van der Waals surface area contributed by atoms with Crippen LogP contribution in [0.5, 0.6) is 5.75 Å². The molecule has 4 aromatic rings. The van der Waals surface area contributed by atoms with E-state index in [-0.39, 0.29) is 0 Å². The number of fused-ring (bicyclic) bond motifs is 3. The molecule has 4 rings (SSSR count). The first-order chi connectivity index (χ1) is 14.2. The van der Waals surface area contributed by atoms with E-state index in [0.717, 1.165) is 5.75 Å². The Morgan fingerprint density at radius 3 is 1.86 bits per heavy atom. The molecule has 0 aliphatic rings. The fourth-order valence-electron chi connectivity index (χ4n) is 5.11. The quantitative estimate of drug-likeness (QED) is 0.243. The second kappa shape index (κ2) is 8.04. The van der Waals surface area contributed by atoms with Crippen LogP contribution >= 0.6 is 0 Å². The Balaban J connectivity index is 2.32. The molecular weight excluding hydrogens is 368 g/mol. The monoisotopic (exact) mass is 398 g/mol. The molecule has 0 aliphatic carbocycles. The highest BCUT2D eigenvalue weighted by atomic mass is 28.3. The van der Waals surface area contributed by atoms with E-state index in [2.05, 4.69) is 93.6 Å². The number of rotatable bonds is 6. The highest BCUT2D eigenvalue weighted by molar-refractivity contribution is 6.94. The zero-order valence-electron chi connectivity index (χ0n) is 18.0. The largest absolute Gasteiger partial charge is 0.496 e. The molecule has 4 aromatic carbocycles. The Labute approximate surface area is 175 Å². The average molecular weight is 399 g/mol. The molecule has 0 aromatic heterocycles. The maximum Gasteiger partial charge on any atom is 0.127 e. The summed E-state index contributed by atoms with van der Waals surface area (Å²) < 4.78 is 5.87. The molecule has 0 saturated carbocycles. The molecule has 0 N–H and O–H groups in total. The lowest BCUT2D eigenvalue weighted by Crippen LogP contribution is -2.47. The lowest BCUT2D eigenvalue weighted by Gasteiger charge is -2.34. The van der Waals surface area contributed by atoms with E-state index < -0.39 is 8.07 Å². The van der Waals surface area contributed by atoms with Crippen LogP contribution in [0.15, 0.2) is 72.8 Å². The van der Waals surface area contributed by atoms with Gasteiger partial charge in [0.05, 0.1) is 15.2 Å². The van der Waals surface area contributed by atoms with Gasteiger partial charge in [-0.15, -0.1) is 0 Å². The molecule has 148 valence electrons. The minimum Gasteiger partial charge on any atom is -0.496 e. The molecule has 29 heavy (non-hydrogen) atoms. The van der Waals surface area contributed by atoms with Crippen LogP contribution in [0.3, 0.4) is 0 Å². The number of methoxy groups -OCH3 is 1. The van der Waals surface area contributed by atoms with Gasteiger partial charge in [0.15, 0.2) is 0 Å². The van der Waals surface area contributed by atoms with Crippen molar-refractivity contribution in [2.45, 2.75) is 38.9 Å². The average Bonchev–Trinajstić information content (AvgIpc) is 2.80. The molecule has 0 unspecified atom stereocenters. The minimum absolute atomic E-state index is 0.978. The summed E-state index contributed by atoms with van der Waals surface area (Å²) in [6.07, 6.45) is 0. The molecule has 0 fully saturated rings. The normalized spacial score (nSPS) is 11.9. The van der Waals surface area contributed by atoms with Gasteiger partial charge in [-0.25, -0.2) is 0 Å². The molecule has 0 saturated heterocycles. The van der Waals surface area contributed by atoms with Crippen molar-refractivity contribution in [2.75, 3.05) is 7.11 Å². The number of ether oxygens (including phenoxy) is 1. The van der Waals surface area contributed by atoms with Gasteiger partial charge in [0.25, 0.3) is 0 Å². The van der Waals surface area contributed by atoms with E-state index in [1.165, 1.54) is 50.8 Å². The summed E-state index contributed by atoms with van der Waals surface area (Å²) in [4.78, 5) is 0. The standard InChI is InChI=1S/C27H30OSi/c1-5-29(6-2,7-3)27-23-18-13-19-24(28-4)26(23)22-17-12-11-16-21(22)25(27)20-14-9-8-10-15-20/h8-19H,5-7H2,1-4H3. The predicted octanol–water partition coefficient (Wildman–Crippen LogP) is 7.38. The topological polar surface area (TPSA) is 9.23 Å². The minimum atomic E-state index is -1.69. The van der Waals surface area contributed by atoms with Gasteiger partial charge in [-0.2, -0.15) is 0 Å². The fourth-order valence-corrected chi connectivity index (χ4v) is 9.26. The summed E-state index contributed by atoms with van der Waals surface area (Å²) >= 11 is 0. The Bertz CT molecular complexity index is 1140. The van der Waals surface area contributed by atoms with Gasteiger partial charge in [0.2, 0.25) is 0 Å². The Hall–Kier alpha value is -2.58. The summed E-state index contributed by atoms with van der Waals surface area (Å²) in [5, 5.41) is 6.90. The Morgan fingerprint density at radius 1 is 0.655 bits per heavy atom. The van der Waals surface area contributed by atoms with Crippen molar-refractivity contribution < 1.29 is 4.74 Å². The van der Waals surface area contributed by atoms with E-state index in [4.69, 9.17) is 4.74 Å². The van der Waals surface area contributed by atoms with Crippen molar-refractivity contribution in [2.24, 2.45) is 0 Å². The zero-order chi connectivity index (χ0) is 20.4. The second-order valence-electron chi connectivity index (χ2n) is 7.89. The molecule has 0 aliphatic heterocycles. The third-order valence-electron chi connectivity index (χ3n) is 6.85. The highest BCUT2D eigenvalue weighted by Crippen LogP contribution is 2.40. The zero-order valence-corrected chi connectivity index (χ0v) is 19.0. The summed E-state index contributed by atoms with van der Waals surface area (Å²) in [6.45, 7) is 7.19. The van der Waals surface area contributed by atoms with Crippen molar-refractivity contribution in [3.05, 3.63) is 72.8 Å². The van der Waals surface area contributed by atoms with Crippen LogP contribution in [0.2, 0.25) is 18.1 Å². The molecule has 1 nitrogen and oxygen atoms in total. The third kappa shape index (κ3) is 3.07. The first kappa shape index (κ1) is 19.7. The number of hydrogen-bond acceptors (Lipinski definition) is 1. The molecule has 0 atom stereocenters. The lowest BCUT2D eigenvalue weighted by atomic mass is 9.92. The molecule has 0 amide bonds. The molecular formula is C27H30OSi. The maximum absolute atomic E-state index is 5.87. The molecule has 0 heterocycles. The van der Waals surface area contributed by atoms with Crippen LogP contribution in [0.1, 0.15) is 20.8 Å². The van der Waals surface area contributed by atoms with E-state index >= 15 is 0 Å². The van der Waals surface area contributed by atoms with Gasteiger partial charge < -0.3 is 4.74 Å². The number of benzene rings is 4. The van der Waals surface area contributed by atoms with Crippen molar-refractivity contribution in [1.82, 2.24) is 0 Å². The van der Waals surface area contributed by atoms with Crippen molar-refractivity contribution in [1.29, 1.82) is 0 Å². The van der Waals surface area contributed by atoms with E-state index in [0.29, 0.717) is 0 Å². The van der Waals surface area contributed by atoms with Crippen molar-refractivity contribution in [3.8, 4) is 16.9 Å². The summed E-state index contributed by atoms with van der Waals surface area (Å²) in [7, 11) is 0.0964. The summed E-state index contributed by atoms with van der Waals surface area (Å²) in [5.41, 5.74) is 2.77. The molecule has 0 radical (unpaired) electrons. The van der Waals surface area contributed by atoms with E-state index in [1.807, 2.05) is 0 Å². The third-order valence-corrected chi connectivity index (χ3v) is 12.5. The van der Waals surface area contributed by atoms with E-state index in [1.54, 1.807) is 12.3 Å². The van der Waals surface area contributed by atoms with Crippen molar-refractivity contribution in [3.63, 3.8) is 0 Å². The fraction of sp³-hybridized carbons (Fsp3) is 0.259. The highest BCUT2D eigenvalue weighted by Gasteiger charge is 2.35. The predicted molar refractivity (Wildman–Crippen MR) is 130 cm³/mol.